The molecule has 23 heavy (non-hydrogen) atoms. The Morgan fingerprint density at radius 3 is 1.04 bits per heavy atom. The molecule has 0 aliphatic rings. The third-order valence-corrected chi connectivity index (χ3v) is 1.95. The van der Waals surface area contributed by atoms with Gasteiger partial charge in [0.1, 0.15) is 0 Å². The second-order valence-electron chi connectivity index (χ2n) is 4.63. The Labute approximate surface area is 161 Å². The van der Waals surface area contributed by atoms with Crippen molar-refractivity contribution >= 4 is 5.78 Å². The van der Waals surface area contributed by atoms with E-state index in [2.05, 4.69) is 20.8 Å². The van der Waals surface area contributed by atoms with Crippen molar-refractivity contribution in [2.24, 2.45) is 0 Å². The fourth-order valence-corrected chi connectivity index (χ4v) is 0.769. The van der Waals surface area contributed by atoms with E-state index in [0.717, 1.165) is 38.5 Å². The van der Waals surface area contributed by atoms with Crippen molar-refractivity contribution in [2.75, 3.05) is 19.8 Å². The van der Waals surface area contributed by atoms with Crippen molar-refractivity contribution in [1.29, 1.82) is 0 Å². The molecule has 0 rings (SSSR count). The molecule has 0 aliphatic carbocycles. The first kappa shape index (κ1) is 34.3. The van der Waals surface area contributed by atoms with Gasteiger partial charge in [0.2, 0.25) is 0 Å². The van der Waals surface area contributed by atoms with Gasteiger partial charge >= 0.3 is 0 Å². The Kier molecular flexibility index (Phi) is 56.6. The molecule has 0 amide bonds. The van der Waals surface area contributed by atoms with E-state index in [0.29, 0.717) is 19.8 Å². The molecule has 0 radical (unpaired) electrons. The smallest absolute Gasteiger partial charge is 0.155 e. The fourth-order valence-electron chi connectivity index (χ4n) is 0.769. The van der Waals surface area contributed by atoms with E-state index in [-0.39, 0.29) is 37.7 Å². The van der Waals surface area contributed by atoms with Crippen LogP contribution < -0.4 is 0 Å². The van der Waals surface area contributed by atoms with Gasteiger partial charge in [-0.3, -0.25) is 4.79 Å². The van der Waals surface area contributed by atoms with Crippen LogP contribution in [0.5, 0.6) is 0 Å². The quantitative estimate of drug-likeness (QED) is 0.379. The first-order chi connectivity index (χ1) is 10.4. The van der Waals surface area contributed by atoms with Gasteiger partial charge in [0, 0.05) is 52.1 Å². The zero-order valence-electron chi connectivity index (χ0n) is 15.6. The number of unbranched alkanes of at least 4 members (excludes halogenated alkanes) is 3. The minimum atomic E-state index is -0.125. The summed E-state index contributed by atoms with van der Waals surface area (Å²) in [5.74, 6) is -0.0625. The van der Waals surface area contributed by atoms with Gasteiger partial charge in [0.25, 0.3) is 0 Å². The molecule has 0 atom stereocenters. The summed E-state index contributed by atoms with van der Waals surface area (Å²) in [6.45, 7) is 10.0. The second-order valence-corrected chi connectivity index (χ2v) is 4.63. The van der Waals surface area contributed by atoms with E-state index in [1.165, 1.54) is 19.9 Å². The summed E-state index contributed by atoms with van der Waals surface area (Å²) in [5.41, 5.74) is 0. The van der Waals surface area contributed by atoms with Gasteiger partial charge in [-0.2, -0.15) is 0 Å². The van der Waals surface area contributed by atoms with Gasteiger partial charge in [-0.05, 0) is 33.1 Å². The van der Waals surface area contributed by atoms with E-state index in [4.69, 9.17) is 20.4 Å². The molecule has 0 aromatic heterocycles. The van der Waals surface area contributed by atoms with Crippen LogP contribution >= 0.6 is 0 Å². The standard InChI is InChI=1S/C5H8O2.3C4H10O.Zr/c1-4(6)3-5(2)7;3*1-2-3-4-5;/h3,6H,1-2H3;3*5H,2-4H2,1H3;/b4-3+;;;;. The third-order valence-electron chi connectivity index (χ3n) is 1.95. The Bertz CT molecular complexity index is 197. The summed E-state index contributed by atoms with van der Waals surface area (Å²) in [5, 5.41) is 32.6. The van der Waals surface area contributed by atoms with Crippen molar-refractivity contribution < 1.29 is 51.4 Å². The van der Waals surface area contributed by atoms with Crippen LogP contribution in [0.25, 0.3) is 0 Å². The van der Waals surface area contributed by atoms with E-state index < -0.39 is 0 Å². The van der Waals surface area contributed by atoms with Crippen LogP contribution in [0.15, 0.2) is 11.8 Å². The molecule has 140 valence electrons. The number of carbonyl (C=O) groups excluding carboxylic acids is 1. The first-order valence-electron chi connectivity index (χ1n) is 8.08. The molecule has 5 nitrogen and oxygen atoms in total. The predicted octanol–water partition coefficient (Wildman–Crippen LogP) is 3.37. The van der Waals surface area contributed by atoms with Crippen molar-refractivity contribution in [2.45, 2.75) is 73.1 Å². The molecule has 0 fully saturated rings. The van der Waals surface area contributed by atoms with Gasteiger partial charge in [0.05, 0.1) is 5.76 Å². The number of aliphatic hydroxyl groups excluding tert-OH is 4. The van der Waals surface area contributed by atoms with Gasteiger partial charge in [-0.25, -0.2) is 0 Å². The average molecular weight is 414 g/mol. The predicted molar refractivity (Wildman–Crippen MR) is 93.0 cm³/mol. The van der Waals surface area contributed by atoms with Gasteiger partial charge in [-0.15, -0.1) is 0 Å². The molecule has 0 heterocycles. The summed E-state index contributed by atoms with van der Waals surface area (Å²) in [6.07, 6.45) is 7.28. The summed E-state index contributed by atoms with van der Waals surface area (Å²) in [7, 11) is 0. The zero-order chi connectivity index (χ0) is 18.2. The Balaban J connectivity index is -0.0000000625. The van der Waals surface area contributed by atoms with Crippen LogP contribution in [0, 0.1) is 0 Å². The number of rotatable bonds is 7. The molecule has 6 heteroatoms. The van der Waals surface area contributed by atoms with Crippen LogP contribution in [0.3, 0.4) is 0 Å². The van der Waals surface area contributed by atoms with Crippen LogP contribution in [-0.4, -0.2) is 46.0 Å². The Morgan fingerprint density at radius 2 is 1.04 bits per heavy atom. The normalized spacial score (nSPS) is 8.96. The SMILES string of the molecule is CC(=O)/C=C(\C)O.CCCCO.CCCCO.CCCCO.[Zr]. The molecule has 4 N–H and O–H groups in total. The van der Waals surface area contributed by atoms with Crippen molar-refractivity contribution in [3.05, 3.63) is 11.8 Å². The van der Waals surface area contributed by atoms with Crippen molar-refractivity contribution in [3.8, 4) is 0 Å². The van der Waals surface area contributed by atoms with Gasteiger partial charge < -0.3 is 20.4 Å². The monoisotopic (exact) mass is 412 g/mol. The Hall–Kier alpha value is -0.0269. The molecule has 0 unspecified atom stereocenters. The molecular formula is C17H38O5Zr. The molecular weight excluding hydrogens is 375 g/mol. The maximum atomic E-state index is 10.0. The number of ketones is 1. The number of hydrogen-bond acceptors (Lipinski definition) is 5. The largest absolute Gasteiger partial charge is 0.512 e. The molecule has 0 saturated carbocycles. The molecule has 0 aliphatic heterocycles. The molecule has 0 aromatic rings. The fraction of sp³-hybridized carbons (Fsp3) is 0.824. The van der Waals surface area contributed by atoms with Crippen molar-refractivity contribution in [1.82, 2.24) is 0 Å². The van der Waals surface area contributed by atoms with E-state index in [9.17, 15) is 4.79 Å². The summed E-state index contributed by atoms with van der Waals surface area (Å²) >= 11 is 0. The number of aliphatic hydroxyl groups is 4. The van der Waals surface area contributed by atoms with Gasteiger partial charge in [-0.1, -0.05) is 40.0 Å². The average Bonchev–Trinajstić information content (AvgIpc) is 2.42. The molecule has 0 bridgehead atoms. The molecule has 0 aromatic carbocycles. The topological polar surface area (TPSA) is 98.0 Å². The molecule has 0 saturated heterocycles. The van der Waals surface area contributed by atoms with E-state index in [1.807, 2.05) is 0 Å². The van der Waals surface area contributed by atoms with Crippen LogP contribution in [0.2, 0.25) is 0 Å². The van der Waals surface area contributed by atoms with Crippen LogP contribution in [-0.2, 0) is 31.0 Å². The first-order valence-corrected chi connectivity index (χ1v) is 8.08. The maximum absolute atomic E-state index is 10.0. The Morgan fingerprint density at radius 1 is 0.783 bits per heavy atom. The van der Waals surface area contributed by atoms with Crippen LogP contribution in [0.4, 0.5) is 0 Å². The van der Waals surface area contributed by atoms with E-state index >= 15 is 0 Å². The number of carbonyl (C=O) groups is 1. The number of hydrogen-bond donors (Lipinski definition) is 4. The zero-order valence-corrected chi connectivity index (χ0v) is 18.1. The van der Waals surface area contributed by atoms with E-state index in [1.54, 1.807) is 0 Å². The van der Waals surface area contributed by atoms with Crippen molar-refractivity contribution in [3.63, 3.8) is 0 Å². The summed E-state index contributed by atoms with van der Waals surface area (Å²) < 4.78 is 0. The van der Waals surface area contributed by atoms with Gasteiger partial charge in [0.15, 0.2) is 5.78 Å². The molecule has 0 spiro atoms. The minimum absolute atomic E-state index is 0. The second kappa shape index (κ2) is 37.9. The van der Waals surface area contributed by atoms with Crippen LogP contribution in [0.1, 0.15) is 73.1 Å². The third kappa shape index (κ3) is 88.1. The number of allylic oxidation sites excluding steroid dienone is 2. The minimum Gasteiger partial charge on any atom is -0.512 e. The summed E-state index contributed by atoms with van der Waals surface area (Å²) in [4.78, 5) is 10.0. The maximum Gasteiger partial charge on any atom is 0.155 e. The summed E-state index contributed by atoms with van der Waals surface area (Å²) in [6, 6.07) is 0.